The van der Waals surface area contributed by atoms with Crippen LogP contribution in [0.5, 0.6) is 0 Å². The Bertz CT molecular complexity index is 929. The molecule has 5 nitrogen and oxygen atoms in total. The van der Waals surface area contributed by atoms with Gasteiger partial charge in [-0.15, -0.1) is 0 Å². The lowest BCUT2D eigenvalue weighted by Gasteiger charge is -2.36. The van der Waals surface area contributed by atoms with Gasteiger partial charge in [0.15, 0.2) is 5.12 Å². The maximum absolute atomic E-state index is 13.1. The topological polar surface area (TPSA) is 57.7 Å². The van der Waals surface area contributed by atoms with Crippen LogP contribution >= 0.6 is 11.8 Å². The molecule has 1 heterocycles. The van der Waals surface area contributed by atoms with E-state index in [4.69, 9.17) is 0 Å². The second-order valence-electron chi connectivity index (χ2n) is 7.50. The molecule has 3 rings (SSSR count). The molecule has 0 amide bonds. The van der Waals surface area contributed by atoms with Crippen LogP contribution in [0.25, 0.3) is 0 Å². The highest BCUT2D eigenvalue weighted by molar-refractivity contribution is 8.13. The third kappa shape index (κ3) is 6.55. The van der Waals surface area contributed by atoms with Crippen molar-refractivity contribution in [3.8, 4) is 0 Å². The molecule has 30 heavy (non-hydrogen) atoms. The molecule has 1 aliphatic heterocycles. The summed E-state index contributed by atoms with van der Waals surface area (Å²) >= 11 is 1.18. The molecule has 2 aromatic rings. The van der Waals surface area contributed by atoms with Crippen LogP contribution in [-0.2, 0) is 21.2 Å². The van der Waals surface area contributed by atoms with Crippen LogP contribution < -0.4 is 4.90 Å². The van der Waals surface area contributed by atoms with Gasteiger partial charge < -0.3 is 4.90 Å². The summed E-state index contributed by atoms with van der Waals surface area (Å²) in [5, 5.41) is -0.00151. The summed E-state index contributed by atoms with van der Waals surface area (Å²) in [4.78, 5) is 13.5. The number of sulfonamides is 1. The van der Waals surface area contributed by atoms with Crippen LogP contribution in [0.3, 0.4) is 0 Å². The third-order valence-electron chi connectivity index (χ3n) is 5.16. The van der Waals surface area contributed by atoms with E-state index in [2.05, 4.69) is 4.90 Å². The Hall–Kier alpha value is -1.90. The first kappa shape index (κ1) is 22.8. The van der Waals surface area contributed by atoms with E-state index in [1.54, 1.807) is 16.4 Å². The molecule has 0 aliphatic carbocycles. The van der Waals surface area contributed by atoms with Crippen LogP contribution in [0.2, 0.25) is 0 Å². The number of halogens is 1. The third-order valence-corrected chi connectivity index (χ3v) is 8.25. The van der Waals surface area contributed by atoms with Crippen molar-refractivity contribution >= 4 is 32.6 Å². The number of rotatable bonds is 8. The van der Waals surface area contributed by atoms with Gasteiger partial charge in [-0.05, 0) is 42.2 Å². The minimum absolute atomic E-state index is 0.00151. The highest BCUT2D eigenvalue weighted by atomic mass is 32.2. The van der Waals surface area contributed by atoms with E-state index < -0.39 is 10.0 Å². The first-order chi connectivity index (χ1) is 14.3. The van der Waals surface area contributed by atoms with Gasteiger partial charge in [0.25, 0.3) is 0 Å². The van der Waals surface area contributed by atoms with Crippen LogP contribution in [0, 0.1) is 11.7 Å². The van der Waals surface area contributed by atoms with Gasteiger partial charge in [-0.25, -0.2) is 12.8 Å². The number of carbonyl (C=O) groups is 1. The number of anilines is 1. The summed E-state index contributed by atoms with van der Waals surface area (Å²) in [5.74, 6) is 0.0897. The van der Waals surface area contributed by atoms with E-state index in [1.807, 2.05) is 30.3 Å². The summed E-state index contributed by atoms with van der Waals surface area (Å²) < 4.78 is 40.8. The lowest BCUT2D eigenvalue weighted by atomic mass is 10.0. The van der Waals surface area contributed by atoms with Gasteiger partial charge in [-0.3, -0.25) is 4.79 Å². The van der Waals surface area contributed by atoms with Gasteiger partial charge in [-0.2, -0.15) is 4.31 Å². The number of hydrogen-bond donors (Lipinski definition) is 0. The number of nitrogens with zero attached hydrogens (tertiary/aromatic N) is 2. The zero-order valence-electron chi connectivity index (χ0n) is 17.0. The zero-order chi connectivity index (χ0) is 21.6. The van der Waals surface area contributed by atoms with E-state index >= 15 is 0 Å². The fourth-order valence-electron chi connectivity index (χ4n) is 3.63. The monoisotopic (exact) mass is 450 g/mol. The average Bonchev–Trinajstić information content (AvgIpc) is 2.73. The van der Waals surface area contributed by atoms with Crippen molar-refractivity contribution in [2.24, 2.45) is 5.92 Å². The standard InChI is InChI=1S/C22H27FN2O3S2/c1-18(26)29-16-20(15-19-5-3-2-4-6-19)17-30(27,28)25-13-11-24(12-14-25)22-9-7-21(23)8-10-22/h2-10,20H,11-17H2,1H3. The van der Waals surface area contributed by atoms with Crippen LogP contribution in [-0.4, -0.2) is 55.5 Å². The quantitative estimate of drug-likeness (QED) is 0.617. The molecule has 0 radical (unpaired) electrons. The molecule has 0 spiro atoms. The van der Waals surface area contributed by atoms with Crippen molar-refractivity contribution in [3.63, 3.8) is 0 Å². The SMILES string of the molecule is CC(=O)SCC(Cc1ccccc1)CS(=O)(=O)N1CCN(c2ccc(F)cc2)CC1. The van der Waals surface area contributed by atoms with Gasteiger partial charge in [0, 0.05) is 44.5 Å². The van der Waals surface area contributed by atoms with Crippen molar-refractivity contribution in [3.05, 3.63) is 66.0 Å². The molecule has 1 fully saturated rings. The summed E-state index contributed by atoms with van der Waals surface area (Å²) in [6, 6.07) is 16.0. The predicted octanol–water partition coefficient (Wildman–Crippen LogP) is 3.42. The smallest absolute Gasteiger partial charge is 0.214 e. The Balaban J connectivity index is 1.62. The van der Waals surface area contributed by atoms with Gasteiger partial charge in [0.1, 0.15) is 5.82 Å². The molecule has 8 heteroatoms. The van der Waals surface area contributed by atoms with Gasteiger partial charge in [0.2, 0.25) is 10.0 Å². The second-order valence-corrected chi connectivity index (χ2v) is 10.7. The summed E-state index contributed by atoms with van der Waals surface area (Å²) in [5.41, 5.74) is 1.97. The largest absolute Gasteiger partial charge is 0.369 e. The van der Waals surface area contributed by atoms with Crippen molar-refractivity contribution in [1.82, 2.24) is 4.31 Å². The first-order valence-electron chi connectivity index (χ1n) is 9.99. The highest BCUT2D eigenvalue weighted by Crippen LogP contribution is 2.22. The molecule has 1 unspecified atom stereocenters. The molecule has 0 saturated carbocycles. The Morgan fingerprint density at radius 2 is 1.67 bits per heavy atom. The molecular weight excluding hydrogens is 423 g/mol. The van der Waals surface area contributed by atoms with E-state index in [9.17, 15) is 17.6 Å². The molecule has 2 aromatic carbocycles. The number of thioether (sulfide) groups is 1. The maximum Gasteiger partial charge on any atom is 0.214 e. The summed E-state index contributed by atoms with van der Waals surface area (Å²) in [6.45, 7) is 3.44. The normalized spacial score (nSPS) is 16.4. The summed E-state index contributed by atoms with van der Waals surface area (Å²) in [7, 11) is -3.44. The van der Waals surface area contributed by atoms with E-state index in [1.165, 1.54) is 30.8 Å². The predicted molar refractivity (Wildman–Crippen MR) is 121 cm³/mol. The molecule has 1 aliphatic rings. The van der Waals surface area contributed by atoms with Crippen molar-refractivity contribution in [2.45, 2.75) is 13.3 Å². The fraction of sp³-hybridized carbons (Fsp3) is 0.409. The van der Waals surface area contributed by atoms with E-state index in [0.29, 0.717) is 38.4 Å². The van der Waals surface area contributed by atoms with E-state index in [-0.39, 0.29) is 22.6 Å². The molecule has 1 saturated heterocycles. The lowest BCUT2D eigenvalue weighted by Crippen LogP contribution is -2.50. The van der Waals surface area contributed by atoms with Crippen molar-refractivity contribution in [1.29, 1.82) is 0 Å². The fourth-order valence-corrected chi connectivity index (χ4v) is 6.25. The molecular formula is C22H27FN2O3S2. The van der Waals surface area contributed by atoms with Crippen LogP contribution in [0.15, 0.2) is 54.6 Å². The number of piperazine rings is 1. The zero-order valence-corrected chi connectivity index (χ0v) is 18.7. The molecule has 0 bridgehead atoms. The van der Waals surface area contributed by atoms with Gasteiger partial charge in [0.05, 0.1) is 5.75 Å². The Labute approximate surface area is 182 Å². The Morgan fingerprint density at radius 3 is 2.27 bits per heavy atom. The number of hydrogen-bond acceptors (Lipinski definition) is 5. The molecule has 162 valence electrons. The molecule has 0 N–H and O–H groups in total. The first-order valence-corrected chi connectivity index (χ1v) is 12.6. The highest BCUT2D eigenvalue weighted by Gasteiger charge is 2.30. The maximum atomic E-state index is 13.1. The average molecular weight is 451 g/mol. The second kappa shape index (κ2) is 10.4. The molecule has 1 atom stereocenters. The van der Waals surface area contributed by atoms with Crippen LogP contribution in [0.1, 0.15) is 12.5 Å². The van der Waals surface area contributed by atoms with Gasteiger partial charge in [-0.1, -0.05) is 42.1 Å². The van der Waals surface area contributed by atoms with Crippen molar-refractivity contribution in [2.75, 3.05) is 42.6 Å². The molecule has 0 aromatic heterocycles. The Kier molecular flexibility index (Phi) is 7.91. The lowest BCUT2D eigenvalue weighted by molar-refractivity contribution is -0.109. The number of carbonyl (C=O) groups excluding carboxylic acids is 1. The van der Waals surface area contributed by atoms with Gasteiger partial charge >= 0.3 is 0 Å². The minimum Gasteiger partial charge on any atom is -0.369 e. The Morgan fingerprint density at radius 1 is 1.03 bits per heavy atom. The number of benzene rings is 2. The minimum atomic E-state index is -3.44. The summed E-state index contributed by atoms with van der Waals surface area (Å²) in [6.07, 6.45) is 0.621. The van der Waals surface area contributed by atoms with E-state index in [0.717, 1.165) is 11.3 Å². The van der Waals surface area contributed by atoms with Crippen LogP contribution in [0.4, 0.5) is 10.1 Å². The van der Waals surface area contributed by atoms with Crippen molar-refractivity contribution < 1.29 is 17.6 Å².